The van der Waals surface area contributed by atoms with Gasteiger partial charge in [-0.2, -0.15) is 11.8 Å². The van der Waals surface area contributed by atoms with Crippen LogP contribution in [0.2, 0.25) is 0 Å². The van der Waals surface area contributed by atoms with Crippen LogP contribution in [0.1, 0.15) is 22.5 Å². The minimum absolute atomic E-state index is 0.140. The Bertz CT molecular complexity index is 1000. The molecule has 0 unspecified atom stereocenters. The number of nitrogens with zero attached hydrogens (tertiary/aromatic N) is 3. The standard InChI is InChI=1S/C23H31N3O4S/c1-24-18(14-25-6-8-31-9-7-25)12-20(27)23(28)19(24)15-26-5-4-16-10-21(29-2)22(30-3)11-17(16)13-26/h10-12,28H,4-9,13-15H2,1-3H3. The van der Waals surface area contributed by atoms with Crippen LogP contribution in [0.4, 0.5) is 0 Å². The zero-order valence-electron chi connectivity index (χ0n) is 18.5. The monoisotopic (exact) mass is 445 g/mol. The molecule has 0 bridgehead atoms. The summed E-state index contributed by atoms with van der Waals surface area (Å²) in [5, 5.41) is 10.6. The predicted octanol–water partition coefficient (Wildman–Crippen LogP) is 2.22. The van der Waals surface area contributed by atoms with Crippen LogP contribution in [0.5, 0.6) is 17.2 Å². The first kappa shape index (κ1) is 22.0. The summed E-state index contributed by atoms with van der Waals surface area (Å²) in [5.74, 6) is 3.58. The van der Waals surface area contributed by atoms with E-state index < -0.39 is 0 Å². The second kappa shape index (κ2) is 9.54. The largest absolute Gasteiger partial charge is 0.503 e. The van der Waals surface area contributed by atoms with Crippen molar-refractivity contribution < 1.29 is 14.6 Å². The van der Waals surface area contributed by atoms with E-state index in [-0.39, 0.29) is 11.2 Å². The Hall–Kier alpha value is -2.16. The number of aromatic hydroxyl groups is 1. The van der Waals surface area contributed by atoms with Gasteiger partial charge in [-0.1, -0.05) is 0 Å². The van der Waals surface area contributed by atoms with Gasteiger partial charge in [-0.3, -0.25) is 14.6 Å². The van der Waals surface area contributed by atoms with E-state index in [2.05, 4.69) is 15.9 Å². The third-order valence-electron chi connectivity index (χ3n) is 6.30. The zero-order valence-corrected chi connectivity index (χ0v) is 19.3. The van der Waals surface area contributed by atoms with E-state index in [9.17, 15) is 9.90 Å². The molecule has 1 fully saturated rings. The van der Waals surface area contributed by atoms with Crippen molar-refractivity contribution >= 4 is 11.8 Å². The van der Waals surface area contributed by atoms with Crippen LogP contribution in [-0.2, 0) is 33.1 Å². The number of hydrogen-bond acceptors (Lipinski definition) is 7. The Labute approximate surface area is 187 Å². The summed E-state index contributed by atoms with van der Waals surface area (Å²) >= 11 is 1.97. The second-order valence-corrected chi connectivity index (χ2v) is 9.40. The maximum absolute atomic E-state index is 12.5. The van der Waals surface area contributed by atoms with Crippen molar-refractivity contribution in [2.24, 2.45) is 7.05 Å². The molecule has 7 nitrogen and oxygen atoms in total. The van der Waals surface area contributed by atoms with Gasteiger partial charge in [0.25, 0.3) is 0 Å². The Kier molecular flexibility index (Phi) is 6.79. The van der Waals surface area contributed by atoms with Crippen LogP contribution >= 0.6 is 11.8 Å². The van der Waals surface area contributed by atoms with Crippen molar-refractivity contribution in [3.05, 3.63) is 50.9 Å². The third kappa shape index (κ3) is 4.71. The van der Waals surface area contributed by atoms with Crippen molar-refractivity contribution in [3.8, 4) is 17.2 Å². The van der Waals surface area contributed by atoms with E-state index in [1.54, 1.807) is 20.3 Å². The molecule has 0 saturated carbocycles. The van der Waals surface area contributed by atoms with E-state index in [0.717, 1.165) is 67.8 Å². The van der Waals surface area contributed by atoms with Crippen molar-refractivity contribution in [2.45, 2.75) is 26.1 Å². The molecule has 0 aliphatic carbocycles. The van der Waals surface area contributed by atoms with Crippen LogP contribution in [-0.4, -0.2) is 64.8 Å². The lowest BCUT2D eigenvalue weighted by molar-refractivity contribution is 0.232. The number of hydrogen-bond donors (Lipinski definition) is 1. The van der Waals surface area contributed by atoms with E-state index in [4.69, 9.17) is 9.47 Å². The highest BCUT2D eigenvalue weighted by atomic mass is 32.2. The van der Waals surface area contributed by atoms with Gasteiger partial charge < -0.3 is 19.1 Å². The fourth-order valence-electron chi connectivity index (χ4n) is 4.40. The van der Waals surface area contributed by atoms with Crippen LogP contribution in [0.15, 0.2) is 23.0 Å². The Morgan fingerprint density at radius 1 is 0.968 bits per heavy atom. The van der Waals surface area contributed by atoms with Gasteiger partial charge in [0.05, 0.1) is 19.9 Å². The molecule has 1 N–H and O–H groups in total. The molecular weight excluding hydrogens is 414 g/mol. The molecule has 1 saturated heterocycles. The van der Waals surface area contributed by atoms with E-state index in [0.29, 0.717) is 12.2 Å². The first-order valence-corrected chi connectivity index (χ1v) is 11.8. The van der Waals surface area contributed by atoms with Gasteiger partial charge in [0, 0.05) is 69.6 Å². The molecule has 2 aliphatic heterocycles. The summed E-state index contributed by atoms with van der Waals surface area (Å²) < 4.78 is 12.9. The predicted molar refractivity (Wildman–Crippen MR) is 123 cm³/mol. The van der Waals surface area contributed by atoms with Gasteiger partial charge in [0.2, 0.25) is 5.43 Å². The number of benzene rings is 1. The van der Waals surface area contributed by atoms with E-state index in [1.165, 1.54) is 11.1 Å². The lowest BCUT2D eigenvalue weighted by atomic mass is 9.98. The molecule has 0 amide bonds. The number of pyridine rings is 1. The highest BCUT2D eigenvalue weighted by Gasteiger charge is 2.23. The van der Waals surface area contributed by atoms with E-state index >= 15 is 0 Å². The van der Waals surface area contributed by atoms with Gasteiger partial charge in [-0.25, -0.2) is 0 Å². The molecule has 168 valence electrons. The smallest absolute Gasteiger partial charge is 0.223 e. The first-order chi connectivity index (χ1) is 15.0. The number of thioether (sulfide) groups is 1. The molecule has 3 heterocycles. The van der Waals surface area contributed by atoms with Gasteiger partial charge in [0.1, 0.15) is 0 Å². The van der Waals surface area contributed by atoms with Crippen LogP contribution < -0.4 is 14.9 Å². The molecule has 1 aromatic carbocycles. The molecule has 1 aromatic heterocycles. The quantitative estimate of drug-likeness (QED) is 0.731. The fourth-order valence-corrected chi connectivity index (χ4v) is 5.38. The summed E-state index contributed by atoms with van der Waals surface area (Å²) in [6, 6.07) is 5.67. The summed E-state index contributed by atoms with van der Waals surface area (Å²) in [5.41, 5.74) is 3.78. The molecule has 4 rings (SSSR count). The zero-order chi connectivity index (χ0) is 22.0. The minimum Gasteiger partial charge on any atom is -0.503 e. The van der Waals surface area contributed by atoms with Gasteiger partial charge >= 0.3 is 0 Å². The van der Waals surface area contributed by atoms with Crippen LogP contribution in [0.3, 0.4) is 0 Å². The summed E-state index contributed by atoms with van der Waals surface area (Å²) in [6.07, 6.45) is 0.884. The Balaban J connectivity index is 1.56. The van der Waals surface area contributed by atoms with Gasteiger partial charge in [0.15, 0.2) is 17.2 Å². The molecule has 0 spiro atoms. The van der Waals surface area contributed by atoms with Crippen molar-refractivity contribution in [3.63, 3.8) is 0 Å². The topological polar surface area (TPSA) is 67.2 Å². The van der Waals surface area contributed by atoms with Gasteiger partial charge in [-0.15, -0.1) is 0 Å². The number of methoxy groups -OCH3 is 2. The SMILES string of the molecule is COc1cc2c(cc1OC)CN(Cc1c(O)c(=O)cc(CN3CCSCC3)n1C)CC2. The second-order valence-electron chi connectivity index (χ2n) is 8.18. The normalized spacial score (nSPS) is 17.4. The Morgan fingerprint density at radius 3 is 2.32 bits per heavy atom. The van der Waals surface area contributed by atoms with Crippen LogP contribution in [0.25, 0.3) is 0 Å². The van der Waals surface area contributed by atoms with Crippen LogP contribution in [0, 0.1) is 0 Å². The summed E-state index contributed by atoms with van der Waals surface area (Å²) in [6.45, 7) is 4.90. The van der Waals surface area contributed by atoms with Crippen molar-refractivity contribution in [1.82, 2.24) is 14.4 Å². The molecule has 8 heteroatoms. The number of aromatic nitrogens is 1. The number of rotatable bonds is 6. The average Bonchev–Trinajstić information content (AvgIpc) is 2.79. The van der Waals surface area contributed by atoms with Gasteiger partial charge in [-0.05, 0) is 29.7 Å². The third-order valence-corrected chi connectivity index (χ3v) is 7.24. The Morgan fingerprint density at radius 2 is 1.65 bits per heavy atom. The average molecular weight is 446 g/mol. The van der Waals surface area contributed by atoms with Crippen molar-refractivity contribution in [2.75, 3.05) is 45.4 Å². The summed E-state index contributed by atoms with van der Waals surface area (Å²) in [4.78, 5) is 17.2. The molecule has 0 atom stereocenters. The lowest BCUT2D eigenvalue weighted by Gasteiger charge is -2.31. The van der Waals surface area contributed by atoms with Crippen molar-refractivity contribution in [1.29, 1.82) is 0 Å². The van der Waals surface area contributed by atoms with E-state index in [1.807, 2.05) is 29.4 Å². The molecule has 2 aliphatic rings. The molecule has 2 aromatic rings. The highest BCUT2D eigenvalue weighted by molar-refractivity contribution is 7.99. The maximum Gasteiger partial charge on any atom is 0.223 e. The molecule has 31 heavy (non-hydrogen) atoms. The molecular formula is C23H31N3O4S. The fraction of sp³-hybridized carbons (Fsp3) is 0.522. The number of fused-ring (bicyclic) bond motifs is 1. The number of ether oxygens (including phenoxy) is 2. The first-order valence-electron chi connectivity index (χ1n) is 10.7. The summed E-state index contributed by atoms with van der Waals surface area (Å²) in [7, 11) is 5.25. The minimum atomic E-state index is -0.293. The highest BCUT2D eigenvalue weighted by Crippen LogP contribution is 2.33. The molecule has 0 radical (unpaired) electrons. The lowest BCUT2D eigenvalue weighted by Crippen LogP contribution is -2.35. The maximum atomic E-state index is 12.5.